The summed E-state index contributed by atoms with van der Waals surface area (Å²) in [7, 11) is 3.79. The van der Waals surface area contributed by atoms with Crippen LogP contribution in [0.4, 0.5) is 17.5 Å². The third-order valence-corrected chi connectivity index (χ3v) is 7.13. The molecule has 0 radical (unpaired) electrons. The zero-order valence-corrected chi connectivity index (χ0v) is 22.4. The third-order valence-electron chi connectivity index (χ3n) is 7.13. The lowest BCUT2D eigenvalue weighted by Crippen LogP contribution is -2.37. The number of hydrogen-bond donors (Lipinski definition) is 1. The average molecular weight is 537 g/mol. The summed E-state index contributed by atoms with van der Waals surface area (Å²) in [6.45, 7) is 6.85. The van der Waals surface area contributed by atoms with Gasteiger partial charge in [-0.2, -0.15) is 0 Å². The molecular formula is C28H28N10O2. The van der Waals surface area contributed by atoms with Crippen LogP contribution in [0.15, 0.2) is 61.6 Å². The molecule has 0 bridgehead atoms. The molecule has 40 heavy (non-hydrogen) atoms. The van der Waals surface area contributed by atoms with E-state index < -0.39 is 0 Å². The van der Waals surface area contributed by atoms with Crippen molar-refractivity contribution in [3.8, 4) is 11.5 Å². The summed E-state index contributed by atoms with van der Waals surface area (Å²) in [5.74, 6) is 2.47. The number of aromatic nitrogens is 7. The second-order valence-corrected chi connectivity index (χ2v) is 9.74. The van der Waals surface area contributed by atoms with E-state index in [0.29, 0.717) is 41.6 Å². The van der Waals surface area contributed by atoms with E-state index in [1.807, 2.05) is 62.3 Å². The highest BCUT2D eigenvalue weighted by Gasteiger charge is 2.29. The van der Waals surface area contributed by atoms with Crippen LogP contribution in [0.2, 0.25) is 0 Å². The summed E-state index contributed by atoms with van der Waals surface area (Å²) < 4.78 is 7.86. The SMILES string of the molecule is C=CC(=O)N1CCC(N(C)c2ncc3ncnc(Nc4ccc(Oc5ccc6c(c5)nnn6C)c(C)c4)c3n2)C1. The summed E-state index contributed by atoms with van der Waals surface area (Å²) >= 11 is 0. The Hall–Kier alpha value is -5.13. The van der Waals surface area contributed by atoms with Gasteiger partial charge in [-0.05, 0) is 55.3 Å². The maximum absolute atomic E-state index is 12.0. The Balaban J connectivity index is 1.21. The number of carbonyl (C=O) groups excluding carboxylic acids is 1. The first-order valence-corrected chi connectivity index (χ1v) is 12.9. The maximum atomic E-state index is 12.0. The fourth-order valence-electron chi connectivity index (χ4n) is 4.85. The van der Waals surface area contributed by atoms with Crippen LogP contribution in [0, 0.1) is 6.92 Å². The van der Waals surface area contributed by atoms with Crippen molar-refractivity contribution < 1.29 is 9.53 Å². The third kappa shape index (κ3) is 4.75. The van der Waals surface area contributed by atoms with Gasteiger partial charge in [0.05, 0.1) is 17.8 Å². The van der Waals surface area contributed by atoms with Crippen molar-refractivity contribution in [3.05, 3.63) is 67.1 Å². The van der Waals surface area contributed by atoms with Gasteiger partial charge < -0.3 is 19.9 Å². The molecule has 2 aromatic carbocycles. The molecule has 1 atom stereocenters. The second kappa shape index (κ2) is 10.2. The molecule has 1 N–H and O–H groups in total. The van der Waals surface area contributed by atoms with Crippen LogP contribution >= 0.6 is 0 Å². The monoisotopic (exact) mass is 536 g/mol. The fraction of sp³-hybridized carbons (Fsp3) is 0.250. The van der Waals surface area contributed by atoms with E-state index in [0.717, 1.165) is 34.5 Å². The minimum Gasteiger partial charge on any atom is -0.457 e. The highest BCUT2D eigenvalue weighted by Crippen LogP contribution is 2.31. The molecule has 1 aliphatic heterocycles. The largest absolute Gasteiger partial charge is 0.457 e. The minimum atomic E-state index is -0.0616. The van der Waals surface area contributed by atoms with E-state index in [9.17, 15) is 4.79 Å². The van der Waals surface area contributed by atoms with Gasteiger partial charge in [-0.15, -0.1) is 5.10 Å². The molecule has 0 saturated carbocycles. The molecule has 12 heteroatoms. The van der Waals surface area contributed by atoms with E-state index in [4.69, 9.17) is 9.72 Å². The van der Waals surface area contributed by atoms with Crippen molar-refractivity contribution in [1.29, 1.82) is 0 Å². The molecule has 4 heterocycles. The zero-order valence-electron chi connectivity index (χ0n) is 22.4. The minimum absolute atomic E-state index is 0.0616. The van der Waals surface area contributed by atoms with Crippen molar-refractivity contribution in [3.63, 3.8) is 0 Å². The summed E-state index contributed by atoms with van der Waals surface area (Å²) in [6.07, 6.45) is 5.36. The number of carbonyl (C=O) groups is 1. The lowest BCUT2D eigenvalue weighted by atomic mass is 10.2. The Morgan fingerprint density at radius 3 is 2.88 bits per heavy atom. The molecular weight excluding hydrogens is 508 g/mol. The number of likely N-dealkylation sites (N-methyl/N-ethyl adjacent to an activating group) is 1. The van der Waals surface area contributed by atoms with Crippen molar-refractivity contribution in [2.24, 2.45) is 7.05 Å². The Morgan fingerprint density at radius 2 is 2.05 bits per heavy atom. The molecule has 3 aromatic heterocycles. The van der Waals surface area contributed by atoms with Gasteiger partial charge in [0, 0.05) is 38.9 Å². The van der Waals surface area contributed by atoms with E-state index in [1.54, 1.807) is 15.8 Å². The Bertz CT molecular complexity index is 1750. The summed E-state index contributed by atoms with van der Waals surface area (Å²) in [5, 5.41) is 11.6. The first-order valence-electron chi connectivity index (χ1n) is 12.9. The first kappa shape index (κ1) is 25.2. The smallest absolute Gasteiger partial charge is 0.246 e. The molecule has 1 amide bonds. The van der Waals surface area contributed by atoms with Gasteiger partial charge >= 0.3 is 0 Å². The molecule has 0 spiro atoms. The van der Waals surface area contributed by atoms with Gasteiger partial charge in [-0.1, -0.05) is 11.8 Å². The van der Waals surface area contributed by atoms with Crippen molar-refractivity contribution in [2.45, 2.75) is 19.4 Å². The standard InChI is InChI=1S/C28H28N10O2/c1-5-25(39)38-11-10-19(15-38)36(3)28-29-14-22-26(33-28)27(31-16-30-22)32-18-6-9-24(17(2)12-18)40-20-7-8-23-21(13-20)34-35-37(23)4/h5-9,12-14,16,19H,1,10-11,15H2,2-4H3,(H,30,31,32). The van der Waals surface area contributed by atoms with E-state index in [1.165, 1.54) is 12.4 Å². The lowest BCUT2D eigenvalue weighted by molar-refractivity contribution is -0.125. The van der Waals surface area contributed by atoms with Crippen LogP contribution in [-0.2, 0) is 11.8 Å². The van der Waals surface area contributed by atoms with Crippen LogP contribution in [0.5, 0.6) is 11.5 Å². The van der Waals surface area contributed by atoms with E-state index >= 15 is 0 Å². The number of hydrogen-bond acceptors (Lipinski definition) is 10. The number of likely N-dealkylation sites (tertiary alicyclic amines) is 1. The van der Waals surface area contributed by atoms with Gasteiger partial charge in [0.15, 0.2) is 5.82 Å². The Labute approximate surface area is 230 Å². The van der Waals surface area contributed by atoms with Crippen LogP contribution in [0.1, 0.15) is 12.0 Å². The topological polar surface area (TPSA) is 127 Å². The van der Waals surface area contributed by atoms with Crippen molar-refractivity contribution in [2.75, 3.05) is 30.4 Å². The van der Waals surface area contributed by atoms with Crippen LogP contribution in [0.25, 0.3) is 22.1 Å². The number of nitrogens with zero attached hydrogens (tertiary/aromatic N) is 9. The summed E-state index contributed by atoms with van der Waals surface area (Å²) in [5.41, 5.74) is 4.71. The Kier molecular flexibility index (Phi) is 6.42. The molecule has 5 aromatic rings. The number of nitrogens with one attached hydrogen (secondary N) is 1. The number of ether oxygens (including phenoxy) is 1. The number of benzene rings is 2. The molecule has 1 fully saturated rings. The molecule has 1 unspecified atom stereocenters. The number of rotatable bonds is 7. The summed E-state index contributed by atoms with van der Waals surface area (Å²) in [4.78, 5) is 33.9. The molecule has 0 aliphatic carbocycles. The predicted octanol–water partition coefficient (Wildman–Crippen LogP) is 3.77. The molecule has 6 rings (SSSR count). The molecule has 202 valence electrons. The molecule has 1 saturated heterocycles. The van der Waals surface area contributed by atoms with Crippen molar-refractivity contribution in [1.82, 2.24) is 39.8 Å². The molecule has 1 aliphatic rings. The van der Waals surface area contributed by atoms with Gasteiger partial charge in [0.1, 0.15) is 34.4 Å². The quantitative estimate of drug-likeness (QED) is 0.307. The lowest BCUT2D eigenvalue weighted by Gasteiger charge is -2.24. The zero-order chi connectivity index (χ0) is 27.8. The average Bonchev–Trinajstić information content (AvgIpc) is 3.61. The number of anilines is 3. The molecule has 12 nitrogen and oxygen atoms in total. The first-order chi connectivity index (χ1) is 19.4. The van der Waals surface area contributed by atoms with Crippen LogP contribution < -0.4 is 15.0 Å². The predicted molar refractivity (Wildman–Crippen MR) is 152 cm³/mol. The van der Waals surface area contributed by atoms with Gasteiger partial charge in [-0.3, -0.25) is 4.79 Å². The number of aryl methyl sites for hydroxylation is 2. The Morgan fingerprint density at radius 1 is 1.18 bits per heavy atom. The number of amides is 1. The van der Waals surface area contributed by atoms with Crippen LogP contribution in [-0.4, -0.2) is 71.9 Å². The van der Waals surface area contributed by atoms with Gasteiger partial charge in [0.25, 0.3) is 0 Å². The number of fused-ring (bicyclic) bond motifs is 2. The van der Waals surface area contributed by atoms with Crippen molar-refractivity contribution >= 4 is 45.4 Å². The highest BCUT2D eigenvalue weighted by atomic mass is 16.5. The van der Waals surface area contributed by atoms with Crippen LogP contribution in [0.3, 0.4) is 0 Å². The normalized spacial score (nSPS) is 15.0. The second-order valence-electron chi connectivity index (χ2n) is 9.74. The maximum Gasteiger partial charge on any atom is 0.246 e. The van der Waals surface area contributed by atoms with E-state index in [-0.39, 0.29) is 11.9 Å². The van der Waals surface area contributed by atoms with E-state index in [2.05, 4.69) is 37.2 Å². The summed E-state index contributed by atoms with van der Waals surface area (Å²) in [6, 6.07) is 11.6. The van der Waals surface area contributed by atoms with Gasteiger partial charge in [-0.25, -0.2) is 24.6 Å². The fourth-order valence-corrected chi connectivity index (χ4v) is 4.85. The highest BCUT2D eigenvalue weighted by molar-refractivity contribution is 5.88. The van der Waals surface area contributed by atoms with Gasteiger partial charge in [0.2, 0.25) is 11.9 Å².